The van der Waals surface area contributed by atoms with Gasteiger partial charge in [0.15, 0.2) is 0 Å². The summed E-state index contributed by atoms with van der Waals surface area (Å²) >= 11 is 0. The van der Waals surface area contributed by atoms with Crippen LogP contribution in [0, 0.1) is 0 Å². The Morgan fingerprint density at radius 2 is 1.17 bits per heavy atom. The molecule has 64 valence electrons. The second kappa shape index (κ2) is 2.40. The lowest BCUT2D eigenvalue weighted by molar-refractivity contribution is -0.154. The predicted molar refractivity (Wildman–Crippen MR) is 35.9 cm³/mol. The number of rotatable bonds is 0. The molecule has 1 aliphatic rings. The summed E-state index contributed by atoms with van der Waals surface area (Å²) < 4.78 is 0. The van der Waals surface area contributed by atoms with Crippen molar-refractivity contribution >= 4 is 23.6 Å². The first kappa shape index (κ1) is 8.38. The van der Waals surface area contributed by atoms with Gasteiger partial charge in [0.25, 0.3) is 0 Å². The molecule has 1 heterocycles. The largest absolute Gasteiger partial charge is 0.333 e. The number of likely N-dealkylation sites (N-methyl/N-ethyl adjacent to an activating group) is 2. The molecule has 0 spiro atoms. The summed E-state index contributed by atoms with van der Waals surface area (Å²) in [4.78, 5) is 44.5. The quantitative estimate of drug-likeness (QED) is 0.419. The number of ketones is 1. The van der Waals surface area contributed by atoms with E-state index in [-0.39, 0.29) is 0 Å². The fourth-order valence-electron chi connectivity index (χ4n) is 0.795. The maximum Gasteiger partial charge on any atom is 0.333 e. The van der Waals surface area contributed by atoms with Crippen LogP contribution in [0.15, 0.2) is 0 Å². The van der Waals surface area contributed by atoms with E-state index in [1.165, 1.54) is 0 Å². The van der Waals surface area contributed by atoms with Gasteiger partial charge in [0.05, 0.1) is 0 Å². The molecule has 0 saturated carbocycles. The van der Waals surface area contributed by atoms with E-state index < -0.39 is 23.6 Å². The Labute approximate surface area is 67.7 Å². The third kappa shape index (κ3) is 0.884. The SMILES string of the molecule is CN1C(=O)C(=O)C(=O)N(C)C1=O. The van der Waals surface area contributed by atoms with Crippen LogP contribution in [0.5, 0.6) is 0 Å². The van der Waals surface area contributed by atoms with Gasteiger partial charge in [-0.3, -0.25) is 24.2 Å². The van der Waals surface area contributed by atoms with Crippen molar-refractivity contribution in [2.45, 2.75) is 0 Å². The number of Topliss-reactive ketones (excluding diaryl/α,β-unsaturated/α-hetero) is 1. The molecule has 0 unspecified atom stereocenters. The number of amides is 4. The molecule has 0 bridgehead atoms. The van der Waals surface area contributed by atoms with Crippen LogP contribution in [-0.2, 0) is 14.4 Å². The zero-order valence-corrected chi connectivity index (χ0v) is 6.53. The first-order valence-corrected chi connectivity index (χ1v) is 3.11. The van der Waals surface area contributed by atoms with Crippen molar-refractivity contribution in [2.75, 3.05) is 14.1 Å². The smallest absolute Gasteiger partial charge is 0.277 e. The van der Waals surface area contributed by atoms with E-state index in [0.29, 0.717) is 9.80 Å². The molecule has 0 radical (unpaired) electrons. The summed E-state index contributed by atoms with van der Waals surface area (Å²) in [6, 6.07) is -0.787. The third-order valence-electron chi connectivity index (χ3n) is 1.57. The molecule has 0 aromatic rings. The molecule has 12 heavy (non-hydrogen) atoms. The molecular weight excluding hydrogens is 164 g/mol. The molecule has 0 aliphatic carbocycles. The van der Waals surface area contributed by atoms with Crippen molar-refractivity contribution in [3.63, 3.8) is 0 Å². The standard InChI is InChI=1S/C6H6N2O4/c1-7-4(10)3(9)5(11)8(2)6(7)12/h1-2H3. The average Bonchev–Trinajstić information content (AvgIpc) is 2.08. The molecule has 0 atom stereocenters. The van der Waals surface area contributed by atoms with Crippen LogP contribution in [0.2, 0.25) is 0 Å². The molecule has 0 N–H and O–H groups in total. The Kier molecular flexibility index (Phi) is 1.68. The number of hydrogen-bond donors (Lipinski definition) is 0. The van der Waals surface area contributed by atoms with Crippen LogP contribution >= 0.6 is 0 Å². The minimum absolute atomic E-state index is 0.601. The van der Waals surface area contributed by atoms with Gasteiger partial charge in [-0.15, -0.1) is 0 Å². The summed E-state index contributed by atoms with van der Waals surface area (Å²) in [6.45, 7) is 0. The van der Waals surface area contributed by atoms with Gasteiger partial charge in [-0.1, -0.05) is 0 Å². The minimum Gasteiger partial charge on any atom is -0.277 e. The second-order valence-corrected chi connectivity index (χ2v) is 2.34. The van der Waals surface area contributed by atoms with E-state index in [0.717, 1.165) is 14.1 Å². The van der Waals surface area contributed by atoms with E-state index in [2.05, 4.69) is 0 Å². The van der Waals surface area contributed by atoms with Crippen molar-refractivity contribution in [3.05, 3.63) is 0 Å². The number of hydrogen-bond acceptors (Lipinski definition) is 4. The molecule has 4 amide bonds. The number of carbonyl (C=O) groups is 4. The summed E-state index contributed by atoms with van der Waals surface area (Å²) in [5.41, 5.74) is 0. The van der Waals surface area contributed by atoms with Gasteiger partial charge in [0, 0.05) is 14.1 Å². The Bertz CT molecular complexity index is 270. The van der Waals surface area contributed by atoms with Gasteiger partial charge in [-0.05, 0) is 0 Å². The van der Waals surface area contributed by atoms with Crippen molar-refractivity contribution in [3.8, 4) is 0 Å². The molecular formula is C6H6N2O4. The van der Waals surface area contributed by atoms with Gasteiger partial charge in [0.2, 0.25) is 0 Å². The maximum absolute atomic E-state index is 10.9. The van der Waals surface area contributed by atoms with Gasteiger partial charge in [0.1, 0.15) is 0 Å². The lowest BCUT2D eigenvalue weighted by Gasteiger charge is -2.25. The Balaban J connectivity index is 3.07. The lowest BCUT2D eigenvalue weighted by atomic mass is 10.2. The molecule has 1 saturated heterocycles. The topological polar surface area (TPSA) is 74.8 Å². The summed E-state index contributed by atoms with van der Waals surface area (Å²) in [5, 5.41) is 0. The van der Waals surface area contributed by atoms with Gasteiger partial charge in [-0.2, -0.15) is 0 Å². The van der Waals surface area contributed by atoms with E-state index >= 15 is 0 Å². The summed E-state index contributed by atoms with van der Waals surface area (Å²) in [7, 11) is 2.29. The van der Waals surface area contributed by atoms with Crippen LogP contribution in [0.25, 0.3) is 0 Å². The van der Waals surface area contributed by atoms with Crippen LogP contribution in [0.1, 0.15) is 0 Å². The third-order valence-corrected chi connectivity index (χ3v) is 1.57. The zero-order valence-electron chi connectivity index (χ0n) is 6.53. The van der Waals surface area contributed by atoms with Gasteiger partial charge >= 0.3 is 23.6 Å². The zero-order chi connectivity index (χ0) is 9.46. The molecule has 0 aromatic carbocycles. The van der Waals surface area contributed by atoms with E-state index in [1.807, 2.05) is 0 Å². The Morgan fingerprint density at radius 3 is 1.50 bits per heavy atom. The van der Waals surface area contributed by atoms with Gasteiger partial charge < -0.3 is 0 Å². The molecule has 1 fully saturated rings. The average molecular weight is 170 g/mol. The highest BCUT2D eigenvalue weighted by Gasteiger charge is 2.40. The number of nitrogens with zero attached hydrogens (tertiary/aromatic N) is 2. The molecule has 0 aromatic heterocycles. The summed E-state index contributed by atoms with van der Waals surface area (Å²) in [6.07, 6.45) is 0. The fourth-order valence-corrected chi connectivity index (χ4v) is 0.795. The number of imide groups is 2. The Morgan fingerprint density at radius 1 is 0.833 bits per heavy atom. The number of barbiturate groups is 1. The Hall–Kier alpha value is -1.72. The van der Waals surface area contributed by atoms with Gasteiger partial charge in [-0.25, -0.2) is 4.79 Å². The van der Waals surface area contributed by atoms with E-state index in [4.69, 9.17) is 0 Å². The van der Waals surface area contributed by atoms with Crippen molar-refractivity contribution in [2.24, 2.45) is 0 Å². The van der Waals surface area contributed by atoms with Crippen molar-refractivity contribution in [1.29, 1.82) is 0 Å². The lowest BCUT2D eigenvalue weighted by Crippen LogP contribution is -2.57. The normalized spacial score (nSPS) is 19.2. The van der Waals surface area contributed by atoms with E-state index in [9.17, 15) is 19.2 Å². The predicted octanol–water partition coefficient (Wildman–Crippen LogP) is -1.39. The van der Waals surface area contributed by atoms with Crippen LogP contribution in [0.4, 0.5) is 4.79 Å². The summed E-state index contributed by atoms with van der Waals surface area (Å²) in [5.74, 6) is -3.34. The first-order valence-electron chi connectivity index (χ1n) is 3.11. The molecule has 1 rings (SSSR count). The van der Waals surface area contributed by atoms with Crippen LogP contribution < -0.4 is 0 Å². The molecule has 6 heteroatoms. The number of carbonyl (C=O) groups excluding carboxylic acids is 4. The van der Waals surface area contributed by atoms with Crippen LogP contribution in [-0.4, -0.2) is 47.5 Å². The molecule has 1 aliphatic heterocycles. The second-order valence-electron chi connectivity index (χ2n) is 2.34. The van der Waals surface area contributed by atoms with Crippen molar-refractivity contribution < 1.29 is 19.2 Å². The minimum atomic E-state index is -1.18. The van der Waals surface area contributed by atoms with Crippen LogP contribution in [0.3, 0.4) is 0 Å². The highest BCUT2D eigenvalue weighted by atomic mass is 16.2. The fraction of sp³-hybridized carbons (Fsp3) is 0.333. The molecule has 6 nitrogen and oxygen atoms in total. The highest BCUT2D eigenvalue weighted by Crippen LogP contribution is 2.04. The van der Waals surface area contributed by atoms with Crippen molar-refractivity contribution in [1.82, 2.24) is 9.80 Å². The first-order chi connectivity index (χ1) is 5.46. The maximum atomic E-state index is 10.9. The highest BCUT2D eigenvalue weighted by molar-refractivity contribution is 6.66. The monoisotopic (exact) mass is 170 g/mol. The van der Waals surface area contributed by atoms with E-state index in [1.54, 1.807) is 0 Å². The number of urea groups is 1.